The summed E-state index contributed by atoms with van der Waals surface area (Å²) < 4.78 is 5.32. The minimum absolute atomic E-state index is 0.0470. The maximum Gasteiger partial charge on any atom is 0.211 e. The molecule has 104 valence electrons. The number of carbonyl (C=O) groups excluding carboxylic acids is 2. The summed E-state index contributed by atoms with van der Waals surface area (Å²) in [5, 5.41) is 0. The molecule has 20 heavy (non-hydrogen) atoms. The highest BCUT2D eigenvalue weighted by Gasteiger charge is 2.34. The summed E-state index contributed by atoms with van der Waals surface area (Å²) in [7, 11) is 0. The Hall–Kier alpha value is -1.59. The van der Waals surface area contributed by atoms with E-state index in [-0.39, 0.29) is 11.6 Å². The Kier molecular flexibility index (Phi) is 3.63. The van der Waals surface area contributed by atoms with E-state index in [2.05, 4.69) is 0 Å². The quantitative estimate of drug-likeness (QED) is 0.833. The lowest BCUT2D eigenvalue weighted by Crippen LogP contribution is -2.40. The van der Waals surface area contributed by atoms with E-state index in [0.29, 0.717) is 48.0 Å². The highest BCUT2D eigenvalue weighted by atomic mass is 32.2. The van der Waals surface area contributed by atoms with Crippen LogP contribution in [-0.2, 0) is 4.74 Å². The predicted octanol–water partition coefficient (Wildman–Crippen LogP) is 1.97. The van der Waals surface area contributed by atoms with Crippen molar-refractivity contribution in [1.82, 2.24) is 4.90 Å². The Balaban J connectivity index is 2.10. The number of benzene rings is 1. The fourth-order valence-corrected chi connectivity index (χ4v) is 3.31. The summed E-state index contributed by atoms with van der Waals surface area (Å²) in [6, 6.07) is 7.04. The van der Waals surface area contributed by atoms with Crippen molar-refractivity contribution in [3.8, 4) is 0 Å². The molecule has 0 bridgehead atoms. The number of ketones is 2. The minimum atomic E-state index is -0.0496. The molecule has 0 N–H and O–H groups in total. The molecule has 0 radical (unpaired) electrons. The van der Waals surface area contributed by atoms with Gasteiger partial charge in [-0.25, -0.2) is 0 Å². The largest absolute Gasteiger partial charge is 0.378 e. The number of hydrogen-bond donors (Lipinski definition) is 0. The first kappa shape index (κ1) is 13.4. The van der Waals surface area contributed by atoms with Gasteiger partial charge in [0.2, 0.25) is 11.6 Å². The third kappa shape index (κ3) is 2.07. The van der Waals surface area contributed by atoms with Crippen LogP contribution in [0.4, 0.5) is 0 Å². The normalized spacial score (nSPS) is 19.4. The summed E-state index contributed by atoms with van der Waals surface area (Å²) in [4.78, 5) is 27.8. The van der Waals surface area contributed by atoms with E-state index >= 15 is 0 Å². The molecule has 1 aliphatic heterocycles. The molecule has 1 heterocycles. The van der Waals surface area contributed by atoms with Gasteiger partial charge in [-0.2, -0.15) is 0 Å². The molecule has 0 saturated carbocycles. The zero-order chi connectivity index (χ0) is 14.1. The van der Waals surface area contributed by atoms with Gasteiger partial charge in [0, 0.05) is 24.2 Å². The summed E-state index contributed by atoms with van der Waals surface area (Å²) in [5.41, 5.74) is 1.57. The topological polar surface area (TPSA) is 46.6 Å². The summed E-state index contributed by atoms with van der Waals surface area (Å²) in [6.45, 7) is 2.49. The number of allylic oxidation sites excluding steroid dienone is 2. The van der Waals surface area contributed by atoms with Crippen LogP contribution < -0.4 is 0 Å². The lowest BCUT2D eigenvalue weighted by atomic mass is 9.91. The van der Waals surface area contributed by atoms with E-state index in [0.717, 1.165) is 0 Å². The standard InChI is InChI=1S/C15H15NO3S/c1-20-15-12(16-6-8-19-9-7-16)13(17)10-4-2-3-5-11(10)14(15)18/h2-5H,6-9H2,1H3. The number of morpholine rings is 1. The van der Waals surface area contributed by atoms with Crippen LogP contribution in [0.3, 0.4) is 0 Å². The lowest BCUT2D eigenvalue weighted by Gasteiger charge is -2.33. The fraction of sp³-hybridized carbons (Fsp3) is 0.333. The summed E-state index contributed by atoms with van der Waals surface area (Å²) in [6.07, 6.45) is 1.84. The Bertz CT molecular complexity index is 603. The second-order valence-electron chi connectivity index (χ2n) is 4.69. The highest BCUT2D eigenvalue weighted by Crippen LogP contribution is 2.33. The molecule has 1 fully saturated rings. The maximum atomic E-state index is 12.7. The number of hydrogen-bond acceptors (Lipinski definition) is 5. The highest BCUT2D eigenvalue weighted by molar-refractivity contribution is 8.03. The van der Waals surface area contributed by atoms with Crippen molar-refractivity contribution in [2.45, 2.75) is 0 Å². The minimum Gasteiger partial charge on any atom is -0.378 e. The van der Waals surface area contributed by atoms with Gasteiger partial charge in [0.1, 0.15) is 5.70 Å². The molecule has 1 aromatic rings. The Morgan fingerprint density at radius 2 is 1.65 bits per heavy atom. The molecule has 0 unspecified atom stereocenters. The summed E-state index contributed by atoms with van der Waals surface area (Å²) >= 11 is 1.35. The molecular weight excluding hydrogens is 274 g/mol. The summed E-state index contributed by atoms with van der Waals surface area (Å²) in [5.74, 6) is -0.0966. The number of Topliss-reactive ketones (excluding diaryl/α,β-unsaturated/α-hetero) is 2. The molecule has 5 heteroatoms. The van der Waals surface area contributed by atoms with Crippen LogP contribution >= 0.6 is 11.8 Å². The first-order valence-electron chi connectivity index (χ1n) is 6.53. The molecule has 0 amide bonds. The predicted molar refractivity (Wildman–Crippen MR) is 78.0 cm³/mol. The molecule has 0 spiro atoms. The Morgan fingerprint density at radius 1 is 1.05 bits per heavy atom. The van der Waals surface area contributed by atoms with Gasteiger partial charge >= 0.3 is 0 Å². The van der Waals surface area contributed by atoms with Gasteiger partial charge in [0.05, 0.1) is 18.1 Å². The van der Waals surface area contributed by atoms with Crippen LogP contribution in [0, 0.1) is 0 Å². The SMILES string of the molecule is CSC1=C(N2CCOCC2)C(=O)c2ccccc2C1=O. The molecule has 1 aliphatic carbocycles. The zero-order valence-electron chi connectivity index (χ0n) is 11.2. The third-order valence-electron chi connectivity index (χ3n) is 3.58. The van der Waals surface area contributed by atoms with Crippen LogP contribution in [0.5, 0.6) is 0 Å². The average molecular weight is 289 g/mol. The Morgan fingerprint density at radius 3 is 2.25 bits per heavy atom. The molecule has 0 atom stereocenters. The van der Waals surface area contributed by atoms with Crippen molar-refractivity contribution in [2.24, 2.45) is 0 Å². The van der Waals surface area contributed by atoms with Crippen molar-refractivity contribution in [1.29, 1.82) is 0 Å². The van der Waals surface area contributed by atoms with Crippen LogP contribution in [0.1, 0.15) is 20.7 Å². The lowest BCUT2D eigenvalue weighted by molar-refractivity contribution is 0.0499. The number of fused-ring (bicyclic) bond motifs is 1. The van der Waals surface area contributed by atoms with Gasteiger partial charge in [-0.15, -0.1) is 11.8 Å². The van der Waals surface area contributed by atoms with Crippen LogP contribution in [-0.4, -0.2) is 49.0 Å². The van der Waals surface area contributed by atoms with E-state index in [4.69, 9.17) is 4.74 Å². The third-order valence-corrected chi connectivity index (χ3v) is 4.37. The number of carbonyl (C=O) groups is 2. The van der Waals surface area contributed by atoms with Crippen LogP contribution in [0.25, 0.3) is 0 Å². The average Bonchev–Trinajstić information content (AvgIpc) is 2.51. The number of ether oxygens (including phenoxy) is 1. The van der Waals surface area contributed by atoms with Crippen LogP contribution in [0.15, 0.2) is 34.9 Å². The van der Waals surface area contributed by atoms with Gasteiger partial charge in [0.25, 0.3) is 0 Å². The van der Waals surface area contributed by atoms with Gasteiger partial charge in [0.15, 0.2) is 0 Å². The van der Waals surface area contributed by atoms with Crippen molar-refractivity contribution in [2.75, 3.05) is 32.6 Å². The molecule has 2 aliphatic rings. The van der Waals surface area contributed by atoms with Crippen molar-refractivity contribution in [3.63, 3.8) is 0 Å². The zero-order valence-corrected chi connectivity index (χ0v) is 12.0. The molecule has 4 nitrogen and oxygen atoms in total. The van der Waals surface area contributed by atoms with Gasteiger partial charge in [-0.3, -0.25) is 9.59 Å². The molecular formula is C15H15NO3S. The monoisotopic (exact) mass is 289 g/mol. The first-order chi connectivity index (χ1) is 9.74. The van der Waals surface area contributed by atoms with E-state index < -0.39 is 0 Å². The Labute approximate surface area is 121 Å². The smallest absolute Gasteiger partial charge is 0.211 e. The van der Waals surface area contributed by atoms with Crippen molar-refractivity contribution >= 4 is 23.3 Å². The molecule has 1 aromatic carbocycles. The fourth-order valence-electron chi connectivity index (χ4n) is 2.60. The van der Waals surface area contributed by atoms with Gasteiger partial charge in [-0.05, 0) is 6.26 Å². The first-order valence-corrected chi connectivity index (χ1v) is 7.76. The second kappa shape index (κ2) is 5.42. The van der Waals surface area contributed by atoms with Gasteiger partial charge in [-0.1, -0.05) is 24.3 Å². The maximum absolute atomic E-state index is 12.7. The van der Waals surface area contributed by atoms with Crippen molar-refractivity contribution < 1.29 is 14.3 Å². The van der Waals surface area contributed by atoms with E-state index in [1.807, 2.05) is 11.2 Å². The molecule has 1 saturated heterocycles. The van der Waals surface area contributed by atoms with E-state index in [1.165, 1.54) is 11.8 Å². The second-order valence-corrected chi connectivity index (χ2v) is 5.50. The van der Waals surface area contributed by atoms with E-state index in [9.17, 15) is 9.59 Å². The number of rotatable bonds is 2. The molecule has 3 rings (SSSR count). The van der Waals surface area contributed by atoms with Crippen molar-refractivity contribution in [3.05, 3.63) is 46.0 Å². The number of thioether (sulfide) groups is 1. The van der Waals surface area contributed by atoms with E-state index in [1.54, 1.807) is 24.3 Å². The number of nitrogens with zero attached hydrogens (tertiary/aromatic N) is 1. The van der Waals surface area contributed by atoms with Gasteiger partial charge < -0.3 is 9.64 Å². The molecule has 0 aromatic heterocycles. The van der Waals surface area contributed by atoms with Crippen LogP contribution in [0.2, 0.25) is 0 Å².